The molecule has 2 N–H and O–H groups in total. The van der Waals surface area contributed by atoms with E-state index in [1.165, 1.54) is 18.3 Å². The first-order chi connectivity index (χ1) is 13.2. The van der Waals surface area contributed by atoms with Crippen LogP contribution in [0.15, 0.2) is 42.6 Å². The molecule has 2 aromatic rings. The van der Waals surface area contributed by atoms with Gasteiger partial charge in [0.1, 0.15) is 11.3 Å². The van der Waals surface area contributed by atoms with Crippen molar-refractivity contribution in [3.8, 4) is 11.6 Å². The first-order valence-corrected chi connectivity index (χ1v) is 8.05. The molecule has 0 saturated heterocycles. The Morgan fingerprint density at radius 3 is 2.46 bits per heavy atom. The largest absolute Gasteiger partial charge is 0.482 e. The molecule has 0 saturated carbocycles. The van der Waals surface area contributed by atoms with Crippen molar-refractivity contribution in [3.63, 3.8) is 0 Å². The SMILES string of the molecule is CC(NC(=O)c1cccnc1OCC(F)(F)F)c1ccc(OCC(=O)O)cc1. The fourth-order valence-corrected chi connectivity index (χ4v) is 2.18. The molecule has 0 radical (unpaired) electrons. The zero-order valence-corrected chi connectivity index (χ0v) is 14.7. The zero-order valence-electron chi connectivity index (χ0n) is 14.7. The molecule has 0 aliphatic carbocycles. The molecule has 0 spiro atoms. The Kier molecular flexibility index (Phi) is 6.80. The van der Waals surface area contributed by atoms with E-state index in [0.29, 0.717) is 11.3 Å². The quantitative estimate of drug-likeness (QED) is 0.710. The molecule has 1 unspecified atom stereocenters. The van der Waals surface area contributed by atoms with E-state index in [1.807, 2.05) is 0 Å². The fourth-order valence-electron chi connectivity index (χ4n) is 2.18. The molecule has 0 aliphatic heterocycles. The average molecular weight is 398 g/mol. The van der Waals surface area contributed by atoms with Crippen molar-refractivity contribution in [2.75, 3.05) is 13.2 Å². The number of rotatable bonds is 8. The molecule has 7 nitrogen and oxygen atoms in total. The summed E-state index contributed by atoms with van der Waals surface area (Å²) in [5, 5.41) is 11.2. The van der Waals surface area contributed by atoms with Gasteiger partial charge in [0.15, 0.2) is 13.2 Å². The van der Waals surface area contributed by atoms with Crippen molar-refractivity contribution in [1.29, 1.82) is 0 Å². The van der Waals surface area contributed by atoms with Crippen LogP contribution in [0.5, 0.6) is 11.6 Å². The molecule has 0 bridgehead atoms. The Morgan fingerprint density at radius 1 is 1.18 bits per heavy atom. The highest BCUT2D eigenvalue weighted by Gasteiger charge is 2.29. The Morgan fingerprint density at radius 2 is 1.86 bits per heavy atom. The number of aliphatic carboxylic acids is 1. The van der Waals surface area contributed by atoms with Crippen LogP contribution >= 0.6 is 0 Å². The summed E-state index contributed by atoms with van der Waals surface area (Å²) < 4.78 is 46.7. The third-order valence-corrected chi connectivity index (χ3v) is 3.48. The number of carboxylic acids is 1. The summed E-state index contributed by atoms with van der Waals surface area (Å²) >= 11 is 0. The van der Waals surface area contributed by atoms with Crippen molar-refractivity contribution in [1.82, 2.24) is 10.3 Å². The van der Waals surface area contributed by atoms with E-state index < -0.39 is 43.2 Å². The first-order valence-electron chi connectivity index (χ1n) is 8.05. The maximum atomic E-state index is 12.4. The number of nitrogens with one attached hydrogen (secondary N) is 1. The van der Waals surface area contributed by atoms with Gasteiger partial charge in [0, 0.05) is 6.20 Å². The summed E-state index contributed by atoms with van der Waals surface area (Å²) in [6.45, 7) is -0.359. The molecule has 1 aromatic carbocycles. The maximum Gasteiger partial charge on any atom is 0.422 e. The summed E-state index contributed by atoms with van der Waals surface area (Å²) in [6, 6.07) is 8.58. The number of pyridine rings is 1. The Labute approximate surface area is 158 Å². The molecule has 0 fully saturated rings. The first kappa shape index (κ1) is 21.0. The number of carboxylic acid groups (broad SMARTS) is 1. The van der Waals surface area contributed by atoms with E-state index in [2.05, 4.69) is 15.0 Å². The Bertz CT molecular complexity index is 825. The number of ether oxygens (including phenoxy) is 2. The minimum atomic E-state index is -4.55. The molecule has 0 aliphatic rings. The molecule has 1 aromatic heterocycles. The molecule has 150 valence electrons. The van der Waals surface area contributed by atoms with Crippen LogP contribution in [0.3, 0.4) is 0 Å². The third kappa shape index (κ3) is 6.45. The number of hydrogen-bond acceptors (Lipinski definition) is 5. The number of nitrogens with zero attached hydrogens (tertiary/aromatic N) is 1. The third-order valence-electron chi connectivity index (χ3n) is 3.48. The van der Waals surface area contributed by atoms with Crippen molar-refractivity contribution in [2.45, 2.75) is 19.1 Å². The number of benzene rings is 1. The summed E-state index contributed by atoms with van der Waals surface area (Å²) in [5.74, 6) is -1.82. The van der Waals surface area contributed by atoms with Gasteiger partial charge in [-0.2, -0.15) is 13.2 Å². The lowest BCUT2D eigenvalue weighted by molar-refractivity contribution is -0.154. The van der Waals surface area contributed by atoms with Crippen LogP contribution in [-0.2, 0) is 4.79 Å². The van der Waals surface area contributed by atoms with E-state index in [0.717, 1.165) is 0 Å². The average Bonchev–Trinajstić information content (AvgIpc) is 2.64. The molecular weight excluding hydrogens is 381 g/mol. The van der Waals surface area contributed by atoms with Crippen molar-refractivity contribution >= 4 is 11.9 Å². The summed E-state index contributed by atoms with van der Waals surface area (Å²) in [6.07, 6.45) is -3.33. The van der Waals surface area contributed by atoms with Gasteiger partial charge >= 0.3 is 12.1 Å². The highest BCUT2D eigenvalue weighted by atomic mass is 19.4. The molecule has 28 heavy (non-hydrogen) atoms. The van der Waals surface area contributed by atoms with Crippen LogP contribution in [0.1, 0.15) is 28.9 Å². The predicted molar refractivity (Wildman–Crippen MR) is 91.2 cm³/mol. The predicted octanol–water partition coefficient (Wildman–Crippen LogP) is 2.98. The second kappa shape index (κ2) is 9.07. The lowest BCUT2D eigenvalue weighted by Crippen LogP contribution is -2.28. The lowest BCUT2D eigenvalue weighted by atomic mass is 10.1. The second-order valence-corrected chi connectivity index (χ2v) is 5.71. The van der Waals surface area contributed by atoms with Crippen molar-refractivity contribution in [2.24, 2.45) is 0 Å². The van der Waals surface area contributed by atoms with Gasteiger partial charge in [-0.05, 0) is 36.8 Å². The van der Waals surface area contributed by atoms with Gasteiger partial charge in [-0.25, -0.2) is 9.78 Å². The van der Waals surface area contributed by atoms with Gasteiger partial charge in [-0.3, -0.25) is 4.79 Å². The number of aromatic nitrogens is 1. The molecule has 1 amide bonds. The molecular formula is C18H17F3N2O5. The molecule has 1 heterocycles. The van der Waals surface area contributed by atoms with Crippen molar-refractivity contribution < 1.29 is 37.3 Å². The Hall–Kier alpha value is -3.30. The van der Waals surface area contributed by atoms with E-state index >= 15 is 0 Å². The Balaban J connectivity index is 2.03. The van der Waals surface area contributed by atoms with Crippen molar-refractivity contribution in [3.05, 3.63) is 53.7 Å². The van der Waals surface area contributed by atoms with Crippen LogP contribution in [0, 0.1) is 0 Å². The van der Waals surface area contributed by atoms with Gasteiger partial charge in [-0.15, -0.1) is 0 Å². The van der Waals surface area contributed by atoms with E-state index in [1.54, 1.807) is 31.2 Å². The van der Waals surface area contributed by atoms with Crippen LogP contribution in [0.2, 0.25) is 0 Å². The van der Waals surface area contributed by atoms with Gasteiger partial charge in [0.2, 0.25) is 5.88 Å². The van der Waals surface area contributed by atoms with Gasteiger partial charge in [0.05, 0.1) is 6.04 Å². The number of amides is 1. The van der Waals surface area contributed by atoms with Crippen LogP contribution < -0.4 is 14.8 Å². The molecule has 2 rings (SSSR count). The van der Waals surface area contributed by atoms with E-state index in [-0.39, 0.29) is 5.56 Å². The fraction of sp³-hybridized carbons (Fsp3) is 0.278. The van der Waals surface area contributed by atoms with Crippen LogP contribution in [0.25, 0.3) is 0 Å². The van der Waals surface area contributed by atoms with Gasteiger partial charge < -0.3 is 19.9 Å². The zero-order chi connectivity index (χ0) is 20.7. The smallest absolute Gasteiger partial charge is 0.422 e. The summed E-state index contributed by atoms with van der Waals surface area (Å²) in [5.41, 5.74) is 0.553. The number of alkyl halides is 3. The van der Waals surface area contributed by atoms with E-state index in [4.69, 9.17) is 9.84 Å². The van der Waals surface area contributed by atoms with Crippen LogP contribution in [0.4, 0.5) is 13.2 Å². The monoisotopic (exact) mass is 398 g/mol. The minimum absolute atomic E-state index is 0.125. The van der Waals surface area contributed by atoms with Gasteiger partial charge in [-0.1, -0.05) is 12.1 Å². The minimum Gasteiger partial charge on any atom is -0.482 e. The van der Waals surface area contributed by atoms with Gasteiger partial charge in [0.25, 0.3) is 5.91 Å². The number of carbonyl (C=O) groups excluding carboxylic acids is 1. The highest BCUT2D eigenvalue weighted by Crippen LogP contribution is 2.22. The summed E-state index contributed by atoms with van der Waals surface area (Å²) in [4.78, 5) is 26.6. The van der Waals surface area contributed by atoms with E-state index in [9.17, 15) is 22.8 Å². The number of halogens is 3. The molecule has 10 heteroatoms. The highest BCUT2D eigenvalue weighted by molar-refractivity contribution is 5.96. The topological polar surface area (TPSA) is 97.8 Å². The van der Waals surface area contributed by atoms with Crippen LogP contribution in [-0.4, -0.2) is 41.4 Å². The summed E-state index contributed by atoms with van der Waals surface area (Å²) in [7, 11) is 0. The standard InChI is InChI=1S/C18H17F3N2O5/c1-11(12-4-6-13(7-5-12)27-9-15(24)25)23-16(26)14-3-2-8-22-17(14)28-10-18(19,20)21/h2-8,11H,9-10H2,1H3,(H,23,26)(H,24,25). The second-order valence-electron chi connectivity index (χ2n) is 5.71. The molecule has 1 atom stereocenters. The normalized spacial score (nSPS) is 12.1. The number of hydrogen-bond donors (Lipinski definition) is 2. The maximum absolute atomic E-state index is 12.4. The lowest BCUT2D eigenvalue weighted by Gasteiger charge is -2.16. The number of carbonyl (C=O) groups is 2.